The third-order valence-corrected chi connectivity index (χ3v) is 5.35. The molecule has 2 aromatic heterocycles. The summed E-state index contributed by atoms with van der Waals surface area (Å²) in [5.74, 6) is 3.89. The Morgan fingerprint density at radius 3 is 2.76 bits per heavy atom. The molecule has 4 rings (SSSR count). The summed E-state index contributed by atoms with van der Waals surface area (Å²) >= 11 is 0. The smallest absolute Gasteiger partial charge is 0.153 e. The predicted molar refractivity (Wildman–Crippen MR) is 104 cm³/mol. The van der Waals surface area contributed by atoms with Gasteiger partial charge < -0.3 is 9.47 Å². The van der Waals surface area contributed by atoms with E-state index < -0.39 is 0 Å². The Bertz CT molecular complexity index is 975. The first kappa shape index (κ1) is 15.8. The van der Waals surface area contributed by atoms with E-state index in [1.807, 2.05) is 6.20 Å². The normalized spacial score (nSPS) is 13.7. The second-order valence-electron chi connectivity index (χ2n) is 6.69. The molecule has 3 nitrogen and oxygen atoms in total. The highest BCUT2D eigenvalue weighted by Crippen LogP contribution is 2.34. The summed E-state index contributed by atoms with van der Waals surface area (Å²) in [6.07, 6.45) is 9.64. The molecule has 0 spiro atoms. The lowest BCUT2D eigenvalue weighted by atomic mass is 10.00. The van der Waals surface area contributed by atoms with E-state index >= 15 is 0 Å². The number of hydrogen-bond donors (Lipinski definition) is 0. The second kappa shape index (κ2) is 6.29. The molecule has 126 valence electrons. The Balaban J connectivity index is 1.87. The van der Waals surface area contributed by atoms with Crippen LogP contribution in [0.4, 0.5) is 5.82 Å². The molecule has 0 amide bonds. The van der Waals surface area contributed by atoms with Crippen molar-refractivity contribution >= 4 is 16.7 Å². The molecule has 0 aliphatic carbocycles. The van der Waals surface area contributed by atoms with Crippen LogP contribution >= 0.6 is 0 Å². The number of aryl methyl sites for hydroxylation is 1. The van der Waals surface area contributed by atoms with Gasteiger partial charge in [0.05, 0.1) is 12.1 Å². The number of pyridine rings is 1. The first-order valence-corrected chi connectivity index (χ1v) is 8.96. The summed E-state index contributed by atoms with van der Waals surface area (Å²) in [6, 6.07) is 10.8. The fraction of sp³-hybridized carbons (Fsp3) is 0.318. The molecule has 0 saturated carbocycles. The molecule has 1 aliphatic rings. The molecule has 25 heavy (non-hydrogen) atoms. The Morgan fingerprint density at radius 2 is 2.00 bits per heavy atom. The summed E-state index contributed by atoms with van der Waals surface area (Å²) in [6.45, 7) is 6.88. The van der Waals surface area contributed by atoms with E-state index in [1.165, 1.54) is 33.3 Å². The summed E-state index contributed by atoms with van der Waals surface area (Å²) < 4.78 is 2.29. The van der Waals surface area contributed by atoms with E-state index in [0.717, 1.165) is 31.7 Å². The van der Waals surface area contributed by atoms with Gasteiger partial charge in [0.2, 0.25) is 0 Å². The first-order valence-electron chi connectivity index (χ1n) is 8.96. The Kier molecular flexibility index (Phi) is 3.97. The van der Waals surface area contributed by atoms with E-state index in [9.17, 15) is 0 Å². The number of rotatable bonds is 3. The lowest BCUT2D eigenvalue weighted by Gasteiger charge is -2.30. The number of benzene rings is 1. The third-order valence-electron chi connectivity index (χ3n) is 5.35. The minimum absolute atomic E-state index is 0.594. The van der Waals surface area contributed by atoms with Gasteiger partial charge in [-0.2, -0.15) is 0 Å². The van der Waals surface area contributed by atoms with Crippen molar-refractivity contribution < 1.29 is 0 Å². The zero-order chi connectivity index (χ0) is 17.4. The third kappa shape index (κ3) is 2.49. The van der Waals surface area contributed by atoms with Gasteiger partial charge >= 0.3 is 0 Å². The van der Waals surface area contributed by atoms with E-state index in [0.29, 0.717) is 6.54 Å². The van der Waals surface area contributed by atoms with Gasteiger partial charge in [-0.3, -0.25) is 0 Å². The van der Waals surface area contributed by atoms with Crippen LogP contribution in [0.15, 0.2) is 36.5 Å². The summed E-state index contributed by atoms with van der Waals surface area (Å²) in [4.78, 5) is 7.17. The molecular formula is C22H23N3. The standard InChI is InChI=1S/C22H23N3/c1-4-13-25-20(5-2)16(3)19-10-12-23-22(21(19)25)24-14-11-17-8-6-7-9-18(17)15-24/h1,6-10,12H,5,11,13-15H2,2-3H3. The van der Waals surface area contributed by atoms with E-state index in [4.69, 9.17) is 11.4 Å². The van der Waals surface area contributed by atoms with Crippen LogP contribution in [-0.2, 0) is 25.9 Å². The molecular weight excluding hydrogens is 306 g/mol. The molecule has 0 N–H and O–H groups in total. The molecule has 0 bridgehead atoms. The van der Waals surface area contributed by atoms with Crippen molar-refractivity contribution in [1.82, 2.24) is 9.55 Å². The molecule has 3 aromatic rings. The van der Waals surface area contributed by atoms with Crippen molar-refractivity contribution in [2.45, 2.75) is 39.8 Å². The van der Waals surface area contributed by atoms with Crippen LogP contribution in [0.3, 0.4) is 0 Å². The van der Waals surface area contributed by atoms with Gasteiger partial charge in [0.15, 0.2) is 5.82 Å². The molecule has 3 heteroatoms. The van der Waals surface area contributed by atoms with Crippen molar-refractivity contribution in [2.24, 2.45) is 0 Å². The number of anilines is 1. The average molecular weight is 329 g/mol. The predicted octanol–water partition coefficient (Wildman–Crippen LogP) is 4.10. The maximum Gasteiger partial charge on any atom is 0.153 e. The lowest BCUT2D eigenvalue weighted by Crippen LogP contribution is -2.31. The summed E-state index contributed by atoms with van der Waals surface area (Å²) in [7, 11) is 0. The van der Waals surface area contributed by atoms with Gasteiger partial charge in [-0.15, -0.1) is 6.42 Å². The second-order valence-corrected chi connectivity index (χ2v) is 6.69. The number of fused-ring (bicyclic) bond motifs is 2. The Hall–Kier alpha value is -2.73. The van der Waals surface area contributed by atoms with E-state index in [-0.39, 0.29) is 0 Å². The van der Waals surface area contributed by atoms with Crippen molar-refractivity contribution in [1.29, 1.82) is 0 Å². The SMILES string of the molecule is C#CCn1c(CC)c(C)c2ccnc(N3CCc4ccccc4C3)c21. The largest absolute Gasteiger partial charge is 0.350 e. The Labute approximate surface area is 149 Å². The monoisotopic (exact) mass is 329 g/mol. The first-order chi connectivity index (χ1) is 12.2. The Morgan fingerprint density at radius 1 is 1.20 bits per heavy atom. The number of terminal acetylenes is 1. The van der Waals surface area contributed by atoms with Gasteiger partial charge in [-0.05, 0) is 42.5 Å². The highest BCUT2D eigenvalue weighted by atomic mass is 15.2. The quantitative estimate of drug-likeness (QED) is 0.675. The number of aromatic nitrogens is 2. The van der Waals surface area contributed by atoms with Crippen LogP contribution < -0.4 is 4.90 Å². The summed E-state index contributed by atoms with van der Waals surface area (Å²) in [5, 5.41) is 1.27. The fourth-order valence-electron chi connectivity index (χ4n) is 4.13. The van der Waals surface area contributed by atoms with Crippen LogP contribution in [0.5, 0.6) is 0 Å². The highest BCUT2D eigenvalue weighted by Gasteiger charge is 2.22. The van der Waals surface area contributed by atoms with Crippen LogP contribution in [0.1, 0.15) is 29.3 Å². The molecule has 0 radical (unpaired) electrons. The summed E-state index contributed by atoms with van der Waals surface area (Å²) in [5.41, 5.74) is 6.69. The average Bonchev–Trinajstić information content (AvgIpc) is 2.93. The van der Waals surface area contributed by atoms with Gasteiger partial charge in [-0.25, -0.2) is 4.98 Å². The fourth-order valence-corrected chi connectivity index (χ4v) is 4.13. The van der Waals surface area contributed by atoms with E-state index in [2.05, 4.69) is 59.6 Å². The van der Waals surface area contributed by atoms with Crippen molar-refractivity contribution in [2.75, 3.05) is 11.4 Å². The molecule has 3 heterocycles. The molecule has 0 atom stereocenters. The van der Waals surface area contributed by atoms with E-state index in [1.54, 1.807) is 0 Å². The molecule has 1 aromatic carbocycles. The molecule has 0 fully saturated rings. The van der Waals surface area contributed by atoms with Crippen molar-refractivity contribution in [3.05, 3.63) is 58.9 Å². The van der Waals surface area contributed by atoms with Gasteiger partial charge in [-0.1, -0.05) is 37.1 Å². The lowest BCUT2D eigenvalue weighted by molar-refractivity contribution is 0.718. The van der Waals surface area contributed by atoms with Gasteiger partial charge in [0, 0.05) is 30.4 Å². The molecule has 1 aliphatic heterocycles. The number of nitrogens with zero attached hydrogens (tertiary/aromatic N) is 3. The maximum atomic E-state index is 5.67. The van der Waals surface area contributed by atoms with Crippen LogP contribution in [-0.4, -0.2) is 16.1 Å². The van der Waals surface area contributed by atoms with Crippen LogP contribution in [0, 0.1) is 19.3 Å². The van der Waals surface area contributed by atoms with Crippen molar-refractivity contribution in [3.63, 3.8) is 0 Å². The molecule has 0 saturated heterocycles. The minimum atomic E-state index is 0.594. The van der Waals surface area contributed by atoms with Gasteiger partial charge in [0.1, 0.15) is 0 Å². The molecule has 0 unspecified atom stereocenters. The van der Waals surface area contributed by atoms with Crippen LogP contribution in [0.25, 0.3) is 10.9 Å². The zero-order valence-electron chi connectivity index (χ0n) is 14.9. The van der Waals surface area contributed by atoms with Crippen molar-refractivity contribution in [3.8, 4) is 12.3 Å². The zero-order valence-corrected chi connectivity index (χ0v) is 14.9. The maximum absolute atomic E-state index is 5.67. The highest BCUT2D eigenvalue weighted by molar-refractivity contribution is 5.93. The topological polar surface area (TPSA) is 21.1 Å². The number of hydrogen-bond acceptors (Lipinski definition) is 2. The van der Waals surface area contributed by atoms with Gasteiger partial charge in [0.25, 0.3) is 0 Å². The van der Waals surface area contributed by atoms with Crippen LogP contribution in [0.2, 0.25) is 0 Å². The minimum Gasteiger partial charge on any atom is -0.350 e.